The van der Waals surface area contributed by atoms with Crippen LogP contribution in [0.4, 0.5) is 5.69 Å². The molecule has 2 N–H and O–H groups in total. The lowest BCUT2D eigenvalue weighted by Gasteiger charge is -2.52. The van der Waals surface area contributed by atoms with Crippen molar-refractivity contribution in [1.29, 1.82) is 0 Å². The predicted molar refractivity (Wildman–Crippen MR) is 131 cm³/mol. The van der Waals surface area contributed by atoms with Gasteiger partial charge in [0.2, 0.25) is 5.91 Å². The Bertz CT molecular complexity index is 1120. The van der Waals surface area contributed by atoms with Crippen LogP contribution in [0.2, 0.25) is 0 Å². The molecule has 172 valence electrons. The Kier molecular flexibility index (Phi) is 6.09. The molecule has 1 saturated heterocycles. The summed E-state index contributed by atoms with van der Waals surface area (Å²) < 4.78 is 5.35. The van der Waals surface area contributed by atoms with Crippen molar-refractivity contribution in [3.8, 4) is 5.75 Å². The summed E-state index contributed by atoms with van der Waals surface area (Å²) in [5.41, 5.74) is 1.33. The number of carbonyl (C=O) groups excluding carboxylic acids is 1. The van der Waals surface area contributed by atoms with Crippen LogP contribution in [0.5, 0.6) is 5.75 Å². The number of carbonyl (C=O) groups is 1. The van der Waals surface area contributed by atoms with Gasteiger partial charge >= 0.3 is 0 Å². The van der Waals surface area contributed by atoms with Crippen molar-refractivity contribution in [2.45, 2.75) is 43.7 Å². The Labute approximate surface area is 195 Å². The van der Waals surface area contributed by atoms with E-state index in [2.05, 4.69) is 34.5 Å². The zero-order valence-electron chi connectivity index (χ0n) is 19.2. The average molecular weight is 445 g/mol. The fraction of sp³-hybridized carbons (Fsp3) is 0.393. The van der Waals surface area contributed by atoms with Gasteiger partial charge in [-0.15, -0.1) is 0 Å². The van der Waals surface area contributed by atoms with Gasteiger partial charge in [0.15, 0.2) is 0 Å². The van der Waals surface area contributed by atoms with Crippen LogP contribution < -0.4 is 10.1 Å². The number of hydrogen-bond donors (Lipinski definition) is 2. The van der Waals surface area contributed by atoms with Gasteiger partial charge in [-0.05, 0) is 48.4 Å². The third kappa shape index (κ3) is 4.35. The molecule has 0 spiro atoms. The molecule has 5 nitrogen and oxygen atoms in total. The second-order valence-electron chi connectivity index (χ2n) is 9.47. The van der Waals surface area contributed by atoms with Crippen LogP contribution in [0.15, 0.2) is 66.7 Å². The van der Waals surface area contributed by atoms with E-state index >= 15 is 0 Å². The van der Waals surface area contributed by atoms with E-state index in [4.69, 9.17) is 4.74 Å². The van der Waals surface area contributed by atoms with E-state index in [1.165, 1.54) is 0 Å². The summed E-state index contributed by atoms with van der Waals surface area (Å²) >= 11 is 0. The second kappa shape index (κ2) is 9.16. The summed E-state index contributed by atoms with van der Waals surface area (Å²) in [6, 6.07) is 22.2. The number of piperidine rings is 1. The Morgan fingerprint density at radius 2 is 1.85 bits per heavy atom. The normalized spacial score (nSPS) is 25.4. The first-order valence-electron chi connectivity index (χ1n) is 12.0. The smallest absolute Gasteiger partial charge is 0.238 e. The number of benzene rings is 3. The number of ether oxygens (including phenoxy) is 1. The quantitative estimate of drug-likeness (QED) is 0.571. The average Bonchev–Trinajstić information content (AvgIpc) is 2.84. The molecule has 1 aliphatic heterocycles. The van der Waals surface area contributed by atoms with Crippen molar-refractivity contribution in [1.82, 2.24) is 4.90 Å². The third-order valence-electron chi connectivity index (χ3n) is 7.54. The van der Waals surface area contributed by atoms with Gasteiger partial charge < -0.3 is 15.2 Å². The molecule has 0 unspecified atom stereocenters. The molecule has 1 amide bonds. The van der Waals surface area contributed by atoms with Gasteiger partial charge in [0.25, 0.3) is 0 Å². The summed E-state index contributed by atoms with van der Waals surface area (Å²) in [6.07, 6.45) is 4.74. The van der Waals surface area contributed by atoms with Crippen molar-refractivity contribution in [3.05, 3.63) is 72.3 Å². The van der Waals surface area contributed by atoms with E-state index in [9.17, 15) is 9.90 Å². The molecule has 0 aromatic heterocycles. The van der Waals surface area contributed by atoms with Crippen molar-refractivity contribution in [3.63, 3.8) is 0 Å². The van der Waals surface area contributed by atoms with Crippen LogP contribution in [-0.4, -0.2) is 41.7 Å². The lowest BCUT2D eigenvalue weighted by atomic mass is 9.66. The maximum Gasteiger partial charge on any atom is 0.238 e. The van der Waals surface area contributed by atoms with Crippen molar-refractivity contribution in [2.75, 3.05) is 25.5 Å². The highest BCUT2D eigenvalue weighted by molar-refractivity contribution is 6.02. The molecule has 1 heterocycles. The number of nitrogens with zero attached hydrogens (tertiary/aromatic N) is 1. The minimum Gasteiger partial charge on any atom is -0.497 e. The molecule has 2 aliphatic rings. The number of rotatable bonds is 5. The molecule has 33 heavy (non-hydrogen) atoms. The standard InChI is InChI=1S/C28H32N2O3/c1-33-22-14-12-21(13-15-22)27-24-10-4-5-16-28(24,32)17-18-30(27)19-26(31)29-25-11-6-8-20-7-2-3-9-23(20)25/h2-3,6-9,11-15,24,27,32H,4-5,10,16-19H2,1H3,(H,29,31)/t24-,27-,28+/m1/s1. The summed E-state index contributed by atoms with van der Waals surface area (Å²) in [5, 5.41) is 16.8. The van der Waals surface area contributed by atoms with Crippen LogP contribution in [0.1, 0.15) is 43.7 Å². The molecular weight excluding hydrogens is 412 g/mol. The molecule has 0 bridgehead atoms. The Morgan fingerprint density at radius 3 is 2.67 bits per heavy atom. The molecule has 0 radical (unpaired) electrons. The lowest BCUT2D eigenvalue weighted by molar-refractivity contribution is -0.135. The number of aliphatic hydroxyl groups is 1. The minimum atomic E-state index is -0.647. The zero-order valence-corrected chi connectivity index (χ0v) is 19.2. The van der Waals surface area contributed by atoms with Crippen LogP contribution in [0.3, 0.4) is 0 Å². The Hall–Kier alpha value is -2.89. The highest BCUT2D eigenvalue weighted by Gasteiger charge is 2.49. The number of fused-ring (bicyclic) bond motifs is 2. The van der Waals surface area contributed by atoms with Crippen molar-refractivity contribution < 1.29 is 14.6 Å². The first-order valence-corrected chi connectivity index (χ1v) is 12.0. The molecule has 1 aliphatic carbocycles. The largest absolute Gasteiger partial charge is 0.497 e. The zero-order chi connectivity index (χ0) is 22.8. The number of nitrogens with one attached hydrogen (secondary N) is 1. The summed E-state index contributed by atoms with van der Waals surface area (Å²) in [5.74, 6) is 0.915. The van der Waals surface area contributed by atoms with Gasteiger partial charge in [-0.25, -0.2) is 0 Å². The maximum atomic E-state index is 13.2. The van der Waals surface area contributed by atoms with Gasteiger partial charge in [0.1, 0.15) is 5.75 Å². The van der Waals surface area contributed by atoms with Gasteiger partial charge in [-0.1, -0.05) is 61.4 Å². The second-order valence-corrected chi connectivity index (χ2v) is 9.47. The lowest BCUT2D eigenvalue weighted by Crippen LogP contribution is -2.56. The third-order valence-corrected chi connectivity index (χ3v) is 7.54. The van der Waals surface area contributed by atoms with Crippen LogP contribution in [-0.2, 0) is 4.79 Å². The Balaban J connectivity index is 1.40. The van der Waals surface area contributed by atoms with Crippen molar-refractivity contribution >= 4 is 22.4 Å². The topological polar surface area (TPSA) is 61.8 Å². The van der Waals surface area contributed by atoms with Crippen LogP contribution in [0.25, 0.3) is 10.8 Å². The van der Waals surface area contributed by atoms with Gasteiger partial charge in [-0.3, -0.25) is 9.69 Å². The van der Waals surface area contributed by atoms with E-state index in [0.29, 0.717) is 19.5 Å². The SMILES string of the molecule is COc1ccc([C@@H]2[C@H]3CCCC[C@]3(O)CCN2CC(=O)Nc2cccc3ccccc23)cc1. The number of likely N-dealkylation sites (tertiary alicyclic amines) is 1. The monoisotopic (exact) mass is 444 g/mol. The number of anilines is 1. The fourth-order valence-electron chi connectivity index (χ4n) is 5.87. The molecule has 3 aromatic rings. The summed E-state index contributed by atoms with van der Waals surface area (Å²) in [6.45, 7) is 0.999. The molecule has 3 aromatic carbocycles. The van der Waals surface area contributed by atoms with Crippen molar-refractivity contribution in [2.24, 2.45) is 5.92 Å². The van der Waals surface area contributed by atoms with E-state index < -0.39 is 5.60 Å². The van der Waals surface area contributed by atoms with Gasteiger partial charge in [0, 0.05) is 29.6 Å². The molecule has 5 heteroatoms. The number of methoxy groups -OCH3 is 1. The van der Waals surface area contributed by atoms with E-state index in [1.807, 2.05) is 42.5 Å². The molecule has 5 rings (SSSR count). The van der Waals surface area contributed by atoms with Crippen LogP contribution >= 0.6 is 0 Å². The highest BCUT2D eigenvalue weighted by Crippen LogP contribution is 2.49. The first-order chi connectivity index (χ1) is 16.1. The highest BCUT2D eigenvalue weighted by atomic mass is 16.5. The molecule has 3 atom stereocenters. The summed E-state index contributed by atoms with van der Waals surface area (Å²) in [4.78, 5) is 15.5. The van der Waals surface area contributed by atoms with Gasteiger partial charge in [0.05, 0.1) is 19.3 Å². The minimum absolute atomic E-state index is 0.00761. The molecular formula is C28H32N2O3. The molecule has 2 fully saturated rings. The van der Waals surface area contributed by atoms with Crippen LogP contribution in [0, 0.1) is 5.92 Å². The Morgan fingerprint density at radius 1 is 1.06 bits per heavy atom. The number of amides is 1. The fourth-order valence-corrected chi connectivity index (χ4v) is 5.87. The van der Waals surface area contributed by atoms with E-state index in [0.717, 1.165) is 53.5 Å². The molecule has 1 saturated carbocycles. The van der Waals surface area contributed by atoms with E-state index in [1.54, 1.807) is 7.11 Å². The van der Waals surface area contributed by atoms with Gasteiger partial charge in [-0.2, -0.15) is 0 Å². The first kappa shape index (κ1) is 21.9. The summed E-state index contributed by atoms with van der Waals surface area (Å²) in [7, 11) is 1.67. The predicted octanol–water partition coefficient (Wildman–Crippen LogP) is 5.16. The van der Waals surface area contributed by atoms with E-state index in [-0.39, 0.29) is 17.9 Å². The maximum absolute atomic E-state index is 13.2. The number of hydrogen-bond acceptors (Lipinski definition) is 4.